The highest BCUT2D eigenvalue weighted by atomic mass is 32.1. The van der Waals surface area contributed by atoms with Crippen LogP contribution in [0.1, 0.15) is 34.6 Å². The number of hydrogen-bond donors (Lipinski definition) is 1. The van der Waals surface area contributed by atoms with Crippen LogP contribution in [-0.2, 0) is 9.53 Å². The van der Waals surface area contributed by atoms with E-state index in [0.29, 0.717) is 22.2 Å². The van der Waals surface area contributed by atoms with Crippen LogP contribution < -0.4 is 10.1 Å². The van der Waals surface area contributed by atoms with Gasteiger partial charge in [-0.2, -0.15) is 0 Å². The number of rotatable bonds is 6. The Bertz CT molecular complexity index is 738. The number of carbonyl (C=O) groups is 2. The lowest BCUT2D eigenvalue weighted by Gasteiger charge is -2.14. The lowest BCUT2D eigenvalue weighted by Crippen LogP contribution is -2.29. The van der Waals surface area contributed by atoms with Crippen LogP contribution in [0.5, 0.6) is 5.75 Å². The monoisotopic (exact) mass is 347 g/mol. The van der Waals surface area contributed by atoms with Gasteiger partial charge in [0.1, 0.15) is 10.6 Å². The van der Waals surface area contributed by atoms with Crippen molar-refractivity contribution < 1.29 is 19.1 Å². The second-order valence-corrected chi connectivity index (χ2v) is 6.46. The third kappa shape index (κ3) is 4.58. The van der Waals surface area contributed by atoms with Crippen molar-refractivity contribution in [1.82, 2.24) is 0 Å². The molecule has 0 saturated carbocycles. The molecule has 1 N–H and O–H groups in total. The molecule has 1 aromatic heterocycles. The number of ether oxygens (including phenoxy) is 2. The van der Waals surface area contributed by atoms with Crippen LogP contribution in [0, 0.1) is 13.8 Å². The fraction of sp³-hybridized carbons (Fsp3) is 0.333. The maximum absolute atomic E-state index is 12.3. The number of hydrogen-bond acceptors (Lipinski definition) is 5. The van der Waals surface area contributed by atoms with Gasteiger partial charge in [-0.05, 0) is 57.0 Å². The smallest absolute Gasteiger partial charge is 0.348 e. The number of benzene rings is 1. The molecule has 2 aromatic rings. The second-order valence-electron chi connectivity index (χ2n) is 5.41. The van der Waals surface area contributed by atoms with E-state index in [4.69, 9.17) is 9.47 Å². The standard InChI is InChI=1S/C18H21NO4S/c1-5-22-18(21)16-12(3)10-15(24-16)19-17(20)13(4)23-14-8-6-7-11(2)9-14/h6-10,13H,5H2,1-4H3,(H,19,20). The predicted molar refractivity (Wildman–Crippen MR) is 94.9 cm³/mol. The molecular weight excluding hydrogens is 326 g/mol. The number of anilines is 1. The molecule has 1 aromatic carbocycles. The summed E-state index contributed by atoms with van der Waals surface area (Å²) in [6.07, 6.45) is -0.653. The Balaban J connectivity index is 2.01. The van der Waals surface area contributed by atoms with Crippen molar-refractivity contribution in [3.63, 3.8) is 0 Å². The molecule has 24 heavy (non-hydrogen) atoms. The van der Waals surface area contributed by atoms with Crippen molar-refractivity contribution in [2.24, 2.45) is 0 Å². The summed E-state index contributed by atoms with van der Waals surface area (Å²) in [5, 5.41) is 3.38. The van der Waals surface area contributed by atoms with Crippen molar-refractivity contribution in [3.05, 3.63) is 46.3 Å². The number of carbonyl (C=O) groups excluding carboxylic acids is 2. The Morgan fingerprint density at radius 1 is 1.25 bits per heavy atom. The Labute approximate surface area is 145 Å². The number of thiophene rings is 1. The third-order valence-electron chi connectivity index (χ3n) is 3.30. The van der Waals surface area contributed by atoms with Crippen LogP contribution in [0.3, 0.4) is 0 Å². The fourth-order valence-electron chi connectivity index (χ4n) is 2.11. The van der Waals surface area contributed by atoms with Gasteiger partial charge in [0.15, 0.2) is 6.10 Å². The molecule has 1 atom stereocenters. The SMILES string of the molecule is CCOC(=O)c1sc(NC(=O)C(C)Oc2cccc(C)c2)cc1C. The van der Waals surface area contributed by atoms with Gasteiger partial charge in [0, 0.05) is 0 Å². The van der Waals surface area contributed by atoms with Crippen molar-refractivity contribution in [3.8, 4) is 5.75 Å². The van der Waals surface area contributed by atoms with E-state index >= 15 is 0 Å². The molecule has 1 heterocycles. The Morgan fingerprint density at radius 3 is 2.67 bits per heavy atom. The summed E-state index contributed by atoms with van der Waals surface area (Å²) >= 11 is 1.20. The molecule has 2 rings (SSSR count). The van der Waals surface area contributed by atoms with E-state index in [0.717, 1.165) is 11.1 Å². The van der Waals surface area contributed by atoms with Crippen LogP contribution in [0.15, 0.2) is 30.3 Å². The highest BCUT2D eigenvalue weighted by Crippen LogP contribution is 2.27. The number of aryl methyl sites for hydroxylation is 2. The van der Waals surface area contributed by atoms with Crippen LogP contribution in [-0.4, -0.2) is 24.6 Å². The quantitative estimate of drug-likeness (QED) is 0.804. The summed E-state index contributed by atoms with van der Waals surface area (Å²) in [4.78, 5) is 24.6. The molecule has 1 amide bonds. The summed E-state index contributed by atoms with van der Waals surface area (Å²) in [6.45, 7) is 7.53. The molecule has 0 bridgehead atoms. The van der Waals surface area contributed by atoms with Crippen LogP contribution in [0.25, 0.3) is 0 Å². The van der Waals surface area contributed by atoms with Crippen molar-refractivity contribution >= 4 is 28.2 Å². The van der Waals surface area contributed by atoms with E-state index in [2.05, 4.69) is 5.32 Å². The fourth-order valence-corrected chi connectivity index (χ4v) is 3.08. The van der Waals surface area contributed by atoms with E-state index in [1.54, 1.807) is 19.9 Å². The minimum absolute atomic E-state index is 0.270. The molecule has 0 radical (unpaired) electrons. The van der Waals surface area contributed by atoms with Gasteiger partial charge in [-0.1, -0.05) is 12.1 Å². The highest BCUT2D eigenvalue weighted by Gasteiger charge is 2.19. The van der Waals surface area contributed by atoms with E-state index in [1.165, 1.54) is 11.3 Å². The normalized spacial score (nSPS) is 11.7. The Hall–Kier alpha value is -2.34. The number of nitrogens with one attached hydrogen (secondary N) is 1. The summed E-state index contributed by atoms with van der Waals surface area (Å²) in [5.41, 5.74) is 1.84. The van der Waals surface area contributed by atoms with Crippen molar-refractivity contribution in [2.75, 3.05) is 11.9 Å². The van der Waals surface area contributed by atoms with Gasteiger partial charge in [-0.3, -0.25) is 4.79 Å². The molecule has 6 heteroatoms. The molecule has 0 aliphatic rings. The Morgan fingerprint density at radius 2 is 2.00 bits per heavy atom. The number of esters is 1. The average Bonchev–Trinajstić information content (AvgIpc) is 2.88. The minimum Gasteiger partial charge on any atom is -0.481 e. The molecule has 1 unspecified atom stereocenters. The van der Waals surface area contributed by atoms with Crippen LogP contribution in [0.4, 0.5) is 5.00 Å². The molecule has 128 valence electrons. The van der Waals surface area contributed by atoms with Gasteiger partial charge < -0.3 is 14.8 Å². The lowest BCUT2D eigenvalue weighted by molar-refractivity contribution is -0.122. The maximum atomic E-state index is 12.3. The maximum Gasteiger partial charge on any atom is 0.348 e. The number of amides is 1. The van der Waals surface area contributed by atoms with Gasteiger partial charge in [-0.25, -0.2) is 4.79 Å². The van der Waals surface area contributed by atoms with E-state index in [9.17, 15) is 9.59 Å². The van der Waals surface area contributed by atoms with Crippen LogP contribution in [0.2, 0.25) is 0 Å². The summed E-state index contributed by atoms with van der Waals surface area (Å²) in [7, 11) is 0. The third-order valence-corrected chi connectivity index (χ3v) is 4.43. The van der Waals surface area contributed by atoms with Gasteiger partial charge >= 0.3 is 5.97 Å². The summed E-state index contributed by atoms with van der Waals surface area (Å²) < 4.78 is 10.7. The largest absolute Gasteiger partial charge is 0.481 e. The lowest BCUT2D eigenvalue weighted by atomic mass is 10.2. The zero-order valence-electron chi connectivity index (χ0n) is 14.2. The van der Waals surface area contributed by atoms with Gasteiger partial charge in [-0.15, -0.1) is 11.3 Å². The first-order valence-electron chi connectivity index (χ1n) is 7.72. The molecule has 5 nitrogen and oxygen atoms in total. The molecule has 0 aliphatic carbocycles. The van der Waals surface area contributed by atoms with Crippen molar-refractivity contribution in [2.45, 2.75) is 33.8 Å². The first-order chi connectivity index (χ1) is 11.4. The van der Waals surface area contributed by atoms with Crippen molar-refractivity contribution in [1.29, 1.82) is 0 Å². The highest BCUT2D eigenvalue weighted by molar-refractivity contribution is 7.18. The topological polar surface area (TPSA) is 64.6 Å². The van der Waals surface area contributed by atoms with Gasteiger partial charge in [0.05, 0.1) is 11.6 Å². The molecule has 0 aliphatic heterocycles. The van der Waals surface area contributed by atoms with E-state index < -0.39 is 6.10 Å². The molecule has 0 saturated heterocycles. The average molecular weight is 347 g/mol. The minimum atomic E-state index is -0.653. The van der Waals surface area contributed by atoms with Gasteiger partial charge in [0.25, 0.3) is 5.91 Å². The predicted octanol–water partition coefficient (Wildman–Crippen LogP) is 3.95. The van der Waals surface area contributed by atoms with Gasteiger partial charge in [0.2, 0.25) is 0 Å². The summed E-state index contributed by atoms with van der Waals surface area (Å²) in [5.74, 6) is 0.00458. The molecule has 0 spiro atoms. The zero-order chi connectivity index (χ0) is 17.7. The first-order valence-corrected chi connectivity index (χ1v) is 8.54. The zero-order valence-corrected chi connectivity index (χ0v) is 15.0. The summed E-state index contributed by atoms with van der Waals surface area (Å²) in [6, 6.07) is 9.28. The molecule has 0 fully saturated rings. The van der Waals surface area contributed by atoms with E-state index in [-0.39, 0.29) is 11.9 Å². The van der Waals surface area contributed by atoms with Crippen LogP contribution >= 0.6 is 11.3 Å². The second kappa shape index (κ2) is 7.97. The Kier molecular flexibility index (Phi) is 5.98. The first kappa shape index (κ1) is 18.0. The molecular formula is C18H21NO4S. The van der Waals surface area contributed by atoms with E-state index in [1.807, 2.05) is 38.1 Å².